The van der Waals surface area contributed by atoms with E-state index in [0.29, 0.717) is 24.7 Å². The number of rotatable bonds is 2. The van der Waals surface area contributed by atoms with Crippen molar-refractivity contribution in [1.82, 2.24) is 15.2 Å². The Labute approximate surface area is 141 Å². The lowest BCUT2D eigenvalue weighted by Gasteiger charge is -2.54. The smallest absolute Gasteiger partial charge is 0.276 e. The number of carbonyl (C=O) groups excluding carboxylic acids is 1. The van der Waals surface area contributed by atoms with Gasteiger partial charge in [0.15, 0.2) is 11.6 Å². The molecule has 7 nitrogen and oxygen atoms in total. The Kier molecular flexibility index (Phi) is 3.89. The monoisotopic (exact) mass is 335 g/mol. The first kappa shape index (κ1) is 16.1. The lowest BCUT2D eigenvalue weighted by Crippen LogP contribution is -2.73. The molecule has 132 valence electrons. The molecule has 3 aliphatic rings. The maximum Gasteiger partial charge on any atom is 0.276 e. The Bertz CT molecular complexity index is 617. The minimum atomic E-state index is -0.358. The molecule has 0 aliphatic carbocycles. The van der Waals surface area contributed by atoms with E-state index in [1.807, 2.05) is 18.7 Å². The molecule has 24 heavy (non-hydrogen) atoms. The minimum absolute atomic E-state index is 0.0697. The predicted molar refractivity (Wildman–Crippen MR) is 86.0 cm³/mol. The summed E-state index contributed by atoms with van der Waals surface area (Å²) < 4.78 is 17.2. The average molecular weight is 335 g/mol. The fraction of sp³-hybridized carbons (Fsp3) is 0.765. The number of nitrogens with one attached hydrogen (secondary N) is 1. The third-order valence-electron chi connectivity index (χ3n) is 5.04. The number of morpholine rings is 1. The Balaban J connectivity index is 1.49. The molecule has 4 heterocycles. The molecule has 7 heteroatoms. The van der Waals surface area contributed by atoms with Gasteiger partial charge in [0.1, 0.15) is 11.9 Å². The highest BCUT2D eigenvalue weighted by molar-refractivity contribution is 5.92. The van der Waals surface area contributed by atoms with Crippen molar-refractivity contribution in [1.29, 1.82) is 0 Å². The van der Waals surface area contributed by atoms with Crippen LogP contribution in [0.2, 0.25) is 0 Å². The molecule has 1 spiro atoms. The second kappa shape index (κ2) is 5.82. The van der Waals surface area contributed by atoms with Gasteiger partial charge in [-0.1, -0.05) is 0 Å². The lowest BCUT2D eigenvalue weighted by atomic mass is 9.90. The number of oxazole rings is 1. The average Bonchev–Trinajstić information content (AvgIpc) is 3.02. The Morgan fingerprint density at radius 1 is 1.29 bits per heavy atom. The maximum absolute atomic E-state index is 12.9. The van der Waals surface area contributed by atoms with Crippen molar-refractivity contribution >= 4 is 5.91 Å². The van der Waals surface area contributed by atoms with E-state index in [-0.39, 0.29) is 23.0 Å². The van der Waals surface area contributed by atoms with Crippen LogP contribution in [-0.2, 0) is 9.47 Å². The van der Waals surface area contributed by atoms with Crippen LogP contribution < -0.4 is 5.32 Å². The number of amides is 1. The SMILES string of the molecule is CC1(C)CN(C(=O)c2coc(C3CCOCC3)n2)CC2(CNC2)O1. The zero-order valence-corrected chi connectivity index (χ0v) is 14.3. The molecule has 0 saturated carbocycles. The van der Waals surface area contributed by atoms with Gasteiger partial charge in [-0.15, -0.1) is 0 Å². The molecule has 0 radical (unpaired) electrons. The van der Waals surface area contributed by atoms with Gasteiger partial charge < -0.3 is 24.1 Å². The van der Waals surface area contributed by atoms with Crippen LogP contribution in [0.1, 0.15) is 49.0 Å². The summed E-state index contributed by atoms with van der Waals surface area (Å²) in [5, 5.41) is 3.25. The first-order chi connectivity index (χ1) is 11.5. The molecule has 4 rings (SSSR count). The molecular formula is C17H25N3O4. The molecule has 0 unspecified atom stereocenters. The van der Waals surface area contributed by atoms with Gasteiger partial charge in [-0.05, 0) is 26.7 Å². The van der Waals surface area contributed by atoms with Crippen LogP contribution in [0.4, 0.5) is 0 Å². The van der Waals surface area contributed by atoms with Gasteiger partial charge in [0.25, 0.3) is 5.91 Å². The molecular weight excluding hydrogens is 310 g/mol. The molecule has 3 aliphatic heterocycles. The summed E-state index contributed by atoms with van der Waals surface area (Å²) in [5.74, 6) is 0.845. The summed E-state index contributed by atoms with van der Waals surface area (Å²) in [6.07, 6.45) is 3.29. The number of hydrogen-bond donors (Lipinski definition) is 1. The maximum atomic E-state index is 12.9. The van der Waals surface area contributed by atoms with Crippen LogP contribution in [0.25, 0.3) is 0 Å². The van der Waals surface area contributed by atoms with E-state index in [9.17, 15) is 4.79 Å². The third-order valence-corrected chi connectivity index (χ3v) is 5.04. The zero-order chi connectivity index (χ0) is 16.8. The first-order valence-corrected chi connectivity index (χ1v) is 8.70. The van der Waals surface area contributed by atoms with Crippen LogP contribution in [0.15, 0.2) is 10.7 Å². The Hall–Kier alpha value is -1.44. The highest BCUT2D eigenvalue weighted by Gasteiger charge is 2.49. The van der Waals surface area contributed by atoms with Crippen molar-refractivity contribution in [3.63, 3.8) is 0 Å². The molecule has 0 aromatic carbocycles. The summed E-state index contributed by atoms with van der Waals surface area (Å²) in [4.78, 5) is 19.2. The highest BCUT2D eigenvalue weighted by Crippen LogP contribution is 2.32. The van der Waals surface area contributed by atoms with Gasteiger partial charge in [-0.3, -0.25) is 4.79 Å². The summed E-state index contributed by atoms with van der Waals surface area (Å²) in [6.45, 7) is 8.24. The van der Waals surface area contributed by atoms with Crippen LogP contribution in [0, 0.1) is 0 Å². The van der Waals surface area contributed by atoms with E-state index in [1.165, 1.54) is 6.26 Å². The third kappa shape index (κ3) is 2.96. The Morgan fingerprint density at radius 3 is 2.71 bits per heavy atom. The van der Waals surface area contributed by atoms with Gasteiger partial charge in [-0.2, -0.15) is 0 Å². The van der Waals surface area contributed by atoms with Gasteiger partial charge in [0.05, 0.1) is 12.1 Å². The fourth-order valence-corrected chi connectivity index (χ4v) is 3.93. The number of hydrogen-bond acceptors (Lipinski definition) is 6. The number of ether oxygens (including phenoxy) is 2. The number of nitrogens with zero attached hydrogens (tertiary/aromatic N) is 2. The van der Waals surface area contributed by atoms with E-state index in [4.69, 9.17) is 13.9 Å². The molecule has 0 bridgehead atoms. The molecule has 0 atom stereocenters. The van der Waals surface area contributed by atoms with E-state index >= 15 is 0 Å². The Morgan fingerprint density at radius 2 is 2.04 bits per heavy atom. The molecule has 3 fully saturated rings. The highest BCUT2D eigenvalue weighted by atomic mass is 16.5. The van der Waals surface area contributed by atoms with E-state index < -0.39 is 0 Å². The minimum Gasteiger partial charge on any atom is -0.448 e. The van der Waals surface area contributed by atoms with E-state index in [1.54, 1.807) is 0 Å². The van der Waals surface area contributed by atoms with Gasteiger partial charge in [-0.25, -0.2) is 4.98 Å². The summed E-state index contributed by atoms with van der Waals surface area (Å²) in [6, 6.07) is 0. The van der Waals surface area contributed by atoms with Gasteiger partial charge >= 0.3 is 0 Å². The summed E-state index contributed by atoms with van der Waals surface area (Å²) in [7, 11) is 0. The molecule has 1 aromatic rings. The lowest BCUT2D eigenvalue weighted by molar-refractivity contribution is -0.206. The van der Waals surface area contributed by atoms with Crippen LogP contribution in [0.3, 0.4) is 0 Å². The normalized spacial score (nSPS) is 26.3. The van der Waals surface area contributed by atoms with Crippen molar-refractivity contribution < 1.29 is 18.7 Å². The second-order valence-corrected chi connectivity index (χ2v) is 7.77. The van der Waals surface area contributed by atoms with Crippen LogP contribution in [-0.4, -0.2) is 66.4 Å². The number of aromatic nitrogens is 1. The van der Waals surface area contributed by atoms with E-state index in [0.717, 1.165) is 39.1 Å². The zero-order valence-electron chi connectivity index (χ0n) is 14.3. The predicted octanol–water partition coefficient (Wildman–Crippen LogP) is 1.16. The standard InChI is InChI=1S/C17H25N3O4/c1-16(2)10-20(11-17(24-16)8-18-9-17)15(21)13-7-23-14(19-13)12-3-5-22-6-4-12/h7,12,18H,3-6,8-11H2,1-2H3. The molecule has 1 aromatic heterocycles. The molecule has 3 saturated heterocycles. The van der Waals surface area contributed by atoms with Gasteiger partial charge in [0.2, 0.25) is 0 Å². The molecule has 1 amide bonds. The summed E-state index contributed by atoms with van der Waals surface area (Å²) >= 11 is 0. The summed E-state index contributed by atoms with van der Waals surface area (Å²) in [5.41, 5.74) is -0.217. The quantitative estimate of drug-likeness (QED) is 0.874. The van der Waals surface area contributed by atoms with Gasteiger partial charge in [0, 0.05) is 38.8 Å². The van der Waals surface area contributed by atoms with Crippen molar-refractivity contribution in [2.45, 2.75) is 43.8 Å². The number of carbonyl (C=O) groups is 1. The first-order valence-electron chi connectivity index (χ1n) is 8.70. The van der Waals surface area contributed by atoms with Crippen LogP contribution >= 0.6 is 0 Å². The molecule has 1 N–H and O–H groups in total. The van der Waals surface area contributed by atoms with E-state index in [2.05, 4.69) is 10.3 Å². The topological polar surface area (TPSA) is 76.8 Å². The second-order valence-electron chi connectivity index (χ2n) is 7.77. The van der Waals surface area contributed by atoms with Crippen molar-refractivity contribution in [3.05, 3.63) is 17.8 Å². The fourth-order valence-electron chi connectivity index (χ4n) is 3.93. The van der Waals surface area contributed by atoms with Crippen molar-refractivity contribution in [2.75, 3.05) is 39.4 Å². The van der Waals surface area contributed by atoms with Crippen molar-refractivity contribution in [3.8, 4) is 0 Å². The largest absolute Gasteiger partial charge is 0.448 e. The van der Waals surface area contributed by atoms with Crippen LogP contribution in [0.5, 0.6) is 0 Å². The van der Waals surface area contributed by atoms with Crippen molar-refractivity contribution in [2.24, 2.45) is 0 Å².